The number of amides is 1. The van der Waals surface area contributed by atoms with Crippen LogP contribution in [0.15, 0.2) is 72.7 Å². The SMILES string of the molecule is [2H]c1c([2H])c(N2C(=O)[C@H](CC[C@H](O)c3ccc(F)cc3)[C@H]2c2ccc(N)cc2)c([2H])c([2H])c1F. The van der Waals surface area contributed by atoms with Gasteiger partial charge in [-0.3, -0.25) is 4.79 Å². The maximum Gasteiger partial charge on any atom is 0.233 e. The number of halogens is 2. The van der Waals surface area contributed by atoms with Crippen LogP contribution in [0.4, 0.5) is 20.2 Å². The molecule has 1 fully saturated rings. The van der Waals surface area contributed by atoms with E-state index in [1.807, 2.05) is 0 Å². The lowest BCUT2D eigenvalue weighted by Crippen LogP contribution is -2.55. The van der Waals surface area contributed by atoms with Gasteiger partial charge in [-0.05, 0) is 72.4 Å². The molecular weight excluding hydrogens is 386 g/mol. The molecule has 3 aromatic carbocycles. The minimum Gasteiger partial charge on any atom is -0.399 e. The van der Waals surface area contributed by atoms with Crippen LogP contribution >= 0.6 is 0 Å². The van der Waals surface area contributed by atoms with Gasteiger partial charge in [-0.25, -0.2) is 8.78 Å². The number of hydrogen-bond acceptors (Lipinski definition) is 3. The van der Waals surface area contributed by atoms with E-state index in [2.05, 4.69) is 0 Å². The van der Waals surface area contributed by atoms with Gasteiger partial charge in [0, 0.05) is 11.4 Å². The second kappa shape index (κ2) is 8.24. The summed E-state index contributed by atoms with van der Waals surface area (Å²) >= 11 is 0. The maximum absolute atomic E-state index is 14.1. The number of rotatable bonds is 6. The quantitative estimate of drug-likeness (QED) is 0.453. The average Bonchev–Trinajstić information content (AvgIpc) is 2.83. The highest BCUT2D eigenvalue weighted by Gasteiger charge is 2.48. The van der Waals surface area contributed by atoms with Crippen LogP contribution in [-0.4, -0.2) is 11.0 Å². The van der Waals surface area contributed by atoms with Gasteiger partial charge in [0.2, 0.25) is 5.91 Å². The molecule has 1 heterocycles. The normalized spacial score (nSPS) is 21.3. The van der Waals surface area contributed by atoms with Crippen LogP contribution in [0, 0.1) is 17.6 Å². The standard InChI is InChI=1S/C24H22F2N2O2/c25-17-5-1-15(2-6-17)22(29)14-13-21-23(16-3-9-19(27)10-4-16)28(24(21)30)20-11-7-18(26)8-12-20/h1-12,21-23,29H,13-14,27H2/t21-,22+,23-/m1/s1/i7D,8D,11D,12D. The minimum absolute atomic E-state index is 0.194. The summed E-state index contributed by atoms with van der Waals surface area (Å²) in [7, 11) is 0. The fourth-order valence-corrected chi connectivity index (χ4v) is 3.75. The van der Waals surface area contributed by atoms with E-state index < -0.39 is 59.8 Å². The van der Waals surface area contributed by atoms with Crippen LogP contribution in [0.5, 0.6) is 0 Å². The van der Waals surface area contributed by atoms with Crippen molar-refractivity contribution in [1.29, 1.82) is 0 Å². The Morgan fingerprint density at radius 1 is 1.00 bits per heavy atom. The zero-order valence-electron chi connectivity index (χ0n) is 19.9. The van der Waals surface area contributed by atoms with Crippen LogP contribution < -0.4 is 10.6 Å². The highest BCUT2D eigenvalue weighted by molar-refractivity contribution is 6.03. The molecule has 3 N–H and O–H groups in total. The van der Waals surface area contributed by atoms with Crippen molar-refractivity contribution in [3.05, 3.63) is 95.5 Å². The van der Waals surface area contributed by atoms with Crippen LogP contribution in [0.3, 0.4) is 0 Å². The van der Waals surface area contributed by atoms with Crippen LogP contribution in [0.1, 0.15) is 41.6 Å². The predicted molar refractivity (Wildman–Crippen MR) is 112 cm³/mol. The van der Waals surface area contributed by atoms with E-state index in [1.165, 1.54) is 24.3 Å². The molecule has 0 unspecified atom stereocenters. The summed E-state index contributed by atoms with van der Waals surface area (Å²) < 4.78 is 59.2. The van der Waals surface area contributed by atoms with Crippen molar-refractivity contribution in [2.75, 3.05) is 10.6 Å². The van der Waals surface area contributed by atoms with E-state index in [0.717, 1.165) is 4.90 Å². The number of β-lactam (4-membered cyclic amide) rings is 1. The van der Waals surface area contributed by atoms with E-state index in [0.29, 0.717) is 16.8 Å². The summed E-state index contributed by atoms with van der Waals surface area (Å²) in [6.45, 7) is 0. The van der Waals surface area contributed by atoms with E-state index in [-0.39, 0.29) is 18.5 Å². The first-order valence-electron chi connectivity index (χ1n) is 11.5. The highest BCUT2D eigenvalue weighted by Crippen LogP contribution is 2.46. The molecule has 6 heteroatoms. The summed E-state index contributed by atoms with van der Waals surface area (Å²) in [4.78, 5) is 14.4. The molecule has 1 aliphatic heterocycles. The Kier molecular flexibility index (Phi) is 4.28. The number of aliphatic hydroxyl groups is 1. The summed E-state index contributed by atoms with van der Waals surface area (Å²) in [5, 5.41) is 10.5. The molecule has 30 heavy (non-hydrogen) atoms. The lowest BCUT2D eigenvalue weighted by molar-refractivity contribution is -0.131. The molecule has 0 spiro atoms. The third-order valence-corrected chi connectivity index (χ3v) is 5.32. The second-order valence-corrected chi connectivity index (χ2v) is 7.23. The van der Waals surface area contributed by atoms with Crippen LogP contribution in [0.2, 0.25) is 0 Å². The molecule has 1 saturated heterocycles. The zero-order chi connectivity index (χ0) is 24.7. The number of carbonyl (C=O) groups is 1. The molecule has 4 nitrogen and oxygen atoms in total. The number of nitrogens with zero attached hydrogens (tertiary/aromatic N) is 1. The number of hydrogen-bond donors (Lipinski definition) is 2. The number of nitrogen functional groups attached to an aromatic ring is 1. The third-order valence-electron chi connectivity index (χ3n) is 5.32. The minimum atomic E-state index is -1.28. The van der Waals surface area contributed by atoms with Crippen LogP contribution in [0.25, 0.3) is 0 Å². The second-order valence-electron chi connectivity index (χ2n) is 7.23. The molecule has 0 radical (unpaired) electrons. The summed E-state index contributed by atoms with van der Waals surface area (Å²) in [5.41, 5.74) is 7.14. The average molecular weight is 412 g/mol. The Hall–Kier alpha value is -3.25. The molecule has 3 atom stereocenters. The monoisotopic (exact) mass is 412 g/mol. The Labute approximate surface area is 179 Å². The molecule has 1 amide bonds. The van der Waals surface area contributed by atoms with Crippen molar-refractivity contribution in [2.45, 2.75) is 25.0 Å². The molecule has 0 bridgehead atoms. The lowest BCUT2D eigenvalue weighted by Gasteiger charge is -2.48. The van der Waals surface area contributed by atoms with Gasteiger partial charge in [0.15, 0.2) is 0 Å². The van der Waals surface area contributed by atoms with Crippen molar-refractivity contribution in [3.8, 4) is 0 Å². The topological polar surface area (TPSA) is 66.6 Å². The number of carbonyl (C=O) groups excluding carboxylic acids is 1. The summed E-state index contributed by atoms with van der Waals surface area (Å²) in [6, 6.07) is 8.44. The van der Waals surface area contributed by atoms with Crippen molar-refractivity contribution >= 4 is 17.3 Å². The van der Waals surface area contributed by atoms with Crippen molar-refractivity contribution < 1.29 is 24.2 Å². The van der Waals surface area contributed by atoms with Gasteiger partial charge in [0.1, 0.15) is 11.6 Å². The van der Waals surface area contributed by atoms with Gasteiger partial charge >= 0.3 is 0 Å². The van der Waals surface area contributed by atoms with Crippen molar-refractivity contribution in [3.63, 3.8) is 0 Å². The number of aliphatic hydroxyl groups excluding tert-OH is 1. The Morgan fingerprint density at radius 2 is 1.63 bits per heavy atom. The van der Waals surface area contributed by atoms with E-state index in [1.54, 1.807) is 24.3 Å². The molecule has 1 aliphatic rings. The smallest absolute Gasteiger partial charge is 0.233 e. The van der Waals surface area contributed by atoms with E-state index >= 15 is 0 Å². The molecule has 0 aliphatic carbocycles. The largest absolute Gasteiger partial charge is 0.399 e. The predicted octanol–water partition coefficient (Wildman–Crippen LogP) is 4.76. The van der Waals surface area contributed by atoms with Gasteiger partial charge in [0.25, 0.3) is 0 Å². The van der Waals surface area contributed by atoms with E-state index in [9.17, 15) is 18.7 Å². The van der Waals surface area contributed by atoms with Gasteiger partial charge in [-0.2, -0.15) is 0 Å². The lowest BCUT2D eigenvalue weighted by atomic mass is 9.78. The molecule has 154 valence electrons. The summed E-state index contributed by atoms with van der Waals surface area (Å²) in [6.07, 6.45) is -0.496. The number of anilines is 2. The van der Waals surface area contributed by atoms with E-state index in [4.69, 9.17) is 11.2 Å². The summed E-state index contributed by atoms with van der Waals surface area (Å²) in [5.74, 6) is -2.80. The van der Waals surface area contributed by atoms with Gasteiger partial charge in [0.05, 0.1) is 23.5 Å². The van der Waals surface area contributed by atoms with Crippen molar-refractivity contribution in [2.24, 2.45) is 5.92 Å². The molecule has 0 aromatic heterocycles. The fourth-order valence-electron chi connectivity index (χ4n) is 3.75. The van der Waals surface area contributed by atoms with Gasteiger partial charge in [-0.15, -0.1) is 0 Å². The Morgan fingerprint density at radius 3 is 2.27 bits per heavy atom. The first-order chi connectivity index (χ1) is 16.1. The molecule has 3 aromatic rings. The fraction of sp³-hybridized carbons (Fsp3) is 0.208. The number of nitrogens with two attached hydrogens (primary N) is 1. The third kappa shape index (κ3) is 3.91. The molecule has 0 saturated carbocycles. The Bertz CT molecular complexity index is 1210. The Balaban J connectivity index is 1.67. The zero-order valence-corrected chi connectivity index (χ0v) is 15.9. The van der Waals surface area contributed by atoms with Crippen molar-refractivity contribution in [1.82, 2.24) is 0 Å². The maximum atomic E-state index is 14.1. The first kappa shape index (κ1) is 15.6. The molecular formula is C24H22F2N2O2. The number of benzene rings is 3. The first-order valence-corrected chi connectivity index (χ1v) is 9.49. The van der Waals surface area contributed by atoms with Gasteiger partial charge < -0.3 is 15.7 Å². The van der Waals surface area contributed by atoms with Crippen LogP contribution in [-0.2, 0) is 4.79 Å². The van der Waals surface area contributed by atoms with Gasteiger partial charge in [-0.1, -0.05) is 24.3 Å². The highest BCUT2D eigenvalue weighted by atomic mass is 19.1. The molecule has 4 rings (SSSR count).